The average molecular weight is 233 g/mol. The minimum atomic E-state index is -1.57. The monoisotopic (exact) mass is 233 g/mol. The fourth-order valence-corrected chi connectivity index (χ4v) is 1.14. The molecule has 94 valence electrons. The Morgan fingerprint density at radius 3 is 2.38 bits per heavy atom. The van der Waals surface area contributed by atoms with Gasteiger partial charge in [-0.25, -0.2) is 9.59 Å². The van der Waals surface area contributed by atoms with Crippen molar-refractivity contribution in [1.29, 1.82) is 0 Å². The van der Waals surface area contributed by atoms with E-state index in [1.807, 2.05) is 25.9 Å². The fourth-order valence-electron chi connectivity index (χ4n) is 1.14. The van der Waals surface area contributed by atoms with E-state index in [1.165, 1.54) is 0 Å². The van der Waals surface area contributed by atoms with Crippen LogP contribution in [0.1, 0.15) is 6.92 Å². The lowest BCUT2D eigenvalue weighted by Crippen LogP contribution is -2.47. The second kappa shape index (κ2) is 7.02. The average Bonchev–Trinajstić information content (AvgIpc) is 2.12. The van der Waals surface area contributed by atoms with Gasteiger partial charge in [0.05, 0.1) is 6.54 Å². The quantitative estimate of drug-likeness (QED) is 0.456. The summed E-state index contributed by atoms with van der Waals surface area (Å²) in [6.45, 7) is 2.19. The van der Waals surface area contributed by atoms with Crippen molar-refractivity contribution in [2.24, 2.45) is 0 Å². The van der Waals surface area contributed by atoms with E-state index in [0.29, 0.717) is 6.54 Å². The number of carboxylic acids is 1. The molecule has 0 aromatic heterocycles. The molecule has 0 aromatic rings. The third-order valence-corrected chi connectivity index (χ3v) is 1.76. The fraction of sp³-hybridized carbons (Fsp3) is 0.778. The molecule has 7 nitrogen and oxygen atoms in total. The van der Waals surface area contributed by atoms with Crippen LogP contribution in [0.2, 0.25) is 0 Å². The van der Waals surface area contributed by atoms with Gasteiger partial charge in [0.1, 0.15) is 0 Å². The Bertz CT molecular complexity index is 245. The van der Waals surface area contributed by atoms with Crippen LogP contribution in [0, 0.1) is 0 Å². The first-order valence-electron chi connectivity index (χ1n) is 4.93. The summed E-state index contributed by atoms with van der Waals surface area (Å²) in [5.41, 5.74) is 0. The first kappa shape index (κ1) is 14.7. The van der Waals surface area contributed by atoms with Gasteiger partial charge in [-0.3, -0.25) is 0 Å². The van der Waals surface area contributed by atoms with Crippen molar-refractivity contribution in [2.75, 3.05) is 27.2 Å². The molecule has 0 aliphatic heterocycles. The largest absolute Gasteiger partial charge is 0.479 e. The molecule has 0 radical (unpaired) electrons. The van der Waals surface area contributed by atoms with Gasteiger partial charge in [0.25, 0.3) is 0 Å². The molecular weight excluding hydrogens is 214 g/mol. The van der Waals surface area contributed by atoms with Crippen LogP contribution in [-0.2, 0) is 4.79 Å². The van der Waals surface area contributed by atoms with Gasteiger partial charge >= 0.3 is 12.0 Å². The van der Waals surface area contributed by atoms with E-state index in [2.05, 4.69) is 10.6 Å². The van der Waals surface area contributed by atoms with Gasteiger partial charge < -0.3 is 25.7 Å². The van der Waals surface area contributed by atoms with Crippen molar-refractivity contribution in [3.05, 3.63) is 0 Å². The number of rotatable bonds is 6. The maximum atomic E-state index is 11.2. The molecule has 4 N–H and O–H groups in total. The number of nitrogens with one attached hydrogen (secondary N) is 2. The Balaban J connectivity index is 3.78. The van der Waals surface area contributed by atoms with Gasteiger partial charge in [0.2, 0.25) is 0 Å². The highest BCUT2D eigenvalue weighted by Gasteiger charge is 2.14. The SMILES string of the molecule is CC(CN(C)C)NC(=O)NC[C@H](O)C(=O)O. The maximum Gasteiger partial charge on any atom is 0.334 e. The van der Waals surface area contributed by atoms with Gasteiger partial charge in [0, 0.05) is 12.6 Å². The first-order valence-corrected chi connectivity index (χ1v) is 4.93. The number of aliphatic hydroxyl groups excluding tert-OH is 1. The second-order valence-electron chi connectivity index (χ2n) is 3.87. The molecule has 0 aliphatic carbocycles. The van der Waals surface area contributed by atoms with Crippen LogP contribution in [-0.4, -0.2) is 66.4 Å². The van der Waals surface area contributed by atoms with Crippen LogP contribution in [0.15, 0.2) is 0 Å². The summed E-state index contributed by atoms with van der Waals surface area (Å²) in [5.74, 6) is -1.36. The van der Waals surface area contributed by atoms with Crippen molar-refractivity contribution in [3.8, 4) is 0 Å². The zero-order valence-corrected chi connectivity index (χ0v) is 9.73. The van der Waals surface area contributed by atoms with Crippen molar-refractivity contribution in [2.45, 2.75) is 19.1 Å². The van der Waals surface area contributed by atoms with Crippen LogP contribution in [0.25, 0.3) is 0 Å². The lowest BCUT2D eigenvalue weighted by Gasteiger charge is -2.18. The zero-order chi connectivity index (χ0) is 12.7. The summed E-state index contributed by atoms with van der Waals surface area (Å²) in [7, 11) is 3.76. The highest BCUT2D eigenvalue weighted by molar-refractivity contribution is 5.76. The van der Waals surface area contributed by atoms with E-state index < -0.39 is 18.1 Å². The van der Waals surface area contributed by atoms with Crippen LogP contribution in [0.3, 0.4) is 0 Å². The summed E-state index contributed by atoms with van der Waals surface area (Å²) >= 11 is 0. The second-order valence-corrected chi connectivity index (χ2v) is 3.87. The molecule has 0 aliphatic rings. The molecule has 0 fully saturated rings. The van der Waals surface area contributed by atoms with Crippen LogP contribution < -0.4 is 10.6 Å². The molecule has 2 amide bonds. The minimum Gasteiger partial charge on any atom is -0.479 e. The Kier molecular flexibility index (Phi) is 6.43. The summed E-state index contributed by atoms with van der Waals surface area (Å²) in [5, 5.41) is 22.2. The molecule has 16 heavy (non-hydrogen) atoms. The molecule has 0 saturated carbocycles. The van der Waals surface area contributed by atoms with Crippen molar-refractivity contribution in [1.82, 2.24) is 15.5 Å². The summed E-state index contributed by atoms with van der Waals surface area (Å²) < 4.78 is 0. The number of carbonyl (C=O) groups excluding carboxylic acids is 1. The lowest BCUT2D eigenvalue weighted by atomic mass is 10.3. The number of hydrogen-bond acceptors (Lipinski definition) is 4. The topological polar surface area (TPSA) is 102 Å². The summed E-state index contributed by atoms with van der Waals surface area (Å²) in [6.07, 6.45) is -1.57. The van der Waals surface area contributed by atoms with Gasteiger partial charge in [-0.2, -0.15) is 0 Å². The molecule has 7 heteroatoms. The van der Waals surface area contributed by atoms with Crippen LogP contribution in [0.5, 0.6) is 0 Å². The Morgan fingerprint density at radius 1 is 1.38 bits per heavy atom. The summed E-state index contributed by atoms with van der Waals surface area (Å²) in [4.78, 5) is 23.4. The molecular formula is C9H19N3O4. The molecule has 2 atom stereocenters. The number of likely N-dealkylation sites (N-methyl/N-ethyl adjacent to an activating group) is 1. The number of hydrogen-bond donors (Lipinski definition) is 4. The normalized spacial score (nSPS) is 14.3. The van der Waals surface area contributed by atoms with Crippen molar-refractivity contribution >= 4 is 12.0 Å². The van der Waals surface area contributed by atoms with E-state index >= 15 is 0 Å². The smallest absolute Gasteiger partial charge is 0.334 e. The lowest BCUT2D eigenvalue weighted by molar-refractivity contribution is -0.146. The standard InChI is InChI=1S/C9H19N3O4/c1-6(5-12(2)3)11-9(16)10-4-7(13)8(14)15/h6-7,13H,4-5H2,1-3H3,(H,14,15)(H2,10,11,16)/t6?,7-/m0/s1. The summed E-state index contributed by atoms with van der Waals surface area (Å²) in [6, 6.07) is -0.549. The molecule has 0 spiro atoms. The molecule has 0 rings (SSSR count). The molecule has 1 unspecified atom stereocenters. The van der Waals surface area contributed by atoms with Gasteiger partial charge in [-0.15, -0.1) is 0 Å². The van der Waals surface area contributed by atoms with Gasteiger partial charge in [0.15, 0.2) is 6.10 Å². The van der Waals surface area contributed by atoms with Gasteiger partial charge in [-0.05, 0) is 21.0 Å². The van der Waals surface area contributed by atoms with E-state index in [9.17, 15) is 9.59 Å². The van der Waals surface area contributed by atoms with Crippen LogP contribution >= 0.6 is 0 Å². The zero-order valence-electron chi connectivity index (χ0n) is 9.73. The maximum absolute atomic E-state index is 11.2. The van der Waals surface area contributed by atoms with E-state index in [4.69, 9.17) is 10.2 Å². The van der Waals surface area contributed by atoms with Crippen molar-refractivity contribution < 1.29 is 19.8 Å². The highest BCUT2D eigenvalue weighted by Crippen LogP contribution is 1.85. The Labute approximate surface area is 94.4 Å². The number of aliphatic hydroxyl groups is 1. The van der Waals surface area contributed by atoms with Crippen LogP contribution in [0.4, 0.5) is 4.79 Å². The molecule has 0 heterocycles. The first-order chi connectivity index (χ1) is 7.32. The van der Waals surface area contributed by atoms with Gasteiger partial charge in [-0.1, -0.05) is 0 Å². The predicted octanol–water partition coefficient (Wildman–Crippen LogP) is -1.32. The number of aliphatic carboxylic acids is 1. The number of urea groups is 1. The predicted molar refractivity (Wildman–Crippen MR) is 58.2 cm³/mol. The molecule has 0 bridgehead atoms. The number of nitrogens with zero attached hydrogens (tertiary/aromatic N) is 1. The third-order valence-electron chi connectivity index (χ3n) is 1.76. The highest BCUT2D eigenvalue weighted by atomic mass is 16.4. The Morgan fingerprint density at radius 2 is 1.94 bits per heavy atom. The number of carbonyl (C=O) groups is 2. The number of amides is 2. The third kappa shape index (κ3) is 7.02. The van der Waals surface area contributed by atoms with E-state index in [-0.39, 0.29) is 12.6 Å². The Hall–Kier alpha value is -1.34. The molecule has 0 aromatic carbocycles. The van der Waals surface area contributed by atoms with Crippen molar-refractivity contribution in [3.63, 3.8) is 0 Å². The minimum absolute atomic E-state index is 0.0584. The number of carboxylic acid groups (broad SMARTS) is 1. The molecule has 0 saturated heterocycles. The van der Waals surface area contributed by atoms with E-state index in [1.54, 1.807) is 0 Å². The van der Waals surface area contributed by atoms with E-state index in [0.717, 1.165) is 0 Å².